The molecule has 0 aliphatic rings. The summed E-state index contributed by atoms with van der Waals surface area (Å²) in [5.74, 6) is 1.93. The standard InChI is InChI=1S/C15H30N4/c1-7-8-9-18(5)15-14(11-16-10-12(2)3)13(4)17-19(15)6/h12,16H,7-11H2,1-6H3. The number of hydrogen-bond donors (Lipinski definition) is 1. The van der Waals surface area contributed by atoms with Crippen molar-refractivity contribution in [1.29, 1.82) is 0 Å². The van der Waals surface area contributed by atoms with E-state index in [4.69, 9.17) is 0 Å². The fraction of sp³-hybridized carbons (Fsp3) is 0.800. The van der Waals surface area contributed by atoms with Gasteiger partial charge in [-0.05, 0) is 25.8 Å². The summed E-state index contributed by atoms with van der Waals surface area (Å²) in [5.41, 5.74) is 2.47. The highest BCUT2D eigenvalue weighted by Crippen LogP contribution is 2.22. The van der Waals surface area contributed by atoms with Gasteiger partial charge in [-0.2, -0.15) is 5.10 Å². The molecule has 0 saturated carbocycles. The van der Waals surface area contributed by atoms with Gasteiger partial charge in [-0.25, -0.2) is 0 Å². The van der Waals surface area contributed by atoms with E-state index >= 15 is 0 Å². The van der Waals surface area contributed by atoms with Crippen molar-refractivity contribution in [2.45, 2.75) is 47.1 Å². The van der Waals surface area contributed by atoms with Crippen LogP contribution in [0.1, 0.15) is 44.9 Å². The van der Waals surface area contributed by atoms with Crippen LogP contribution in [0.5, 0.6) is 0 Å². The van der Waals surface area contributed by atoms with Crippen LogP contribution in [0.2, 0.25) is 0 Å². The Labute approximate surface area is 118 Å². The summed E-state index contributed by atoms with van der Waals surface area (Å²) in [6.45, 7) is 11.8. The molecule has 1 aromatic rings. The first kappa shape index (κ1) is 16.0. The molecule has 1 N–H and O–H groups in total. The topological polar surface area (TPSA) is 33.1 Å². The predicted octanol–water partition coefficient (Wildman–Crippen LogP) is 2.71. The van der Waals surface area contributed by atoms with E-state index in [-0.39, 0.29) is 0 Å². The van der Waals surface area contributed by atoms with Gasteiger partial charge in [0, 0.05) is 32.7 Å². The van der Waals surface area contributed by atoms with Crippen molar-refractivity contribution < 1.29 is 0 Å². The number of hydrogen-bond acceptors (Lipinski definition) is 3. The van der Waals surface area contributed by atoms with Gasteiger partial charge in [0.1, 0.15) is 5.82 Å². The van der Waals surface area contributed by atoms with E-state index in [0.29, 0.717) is 5.92 Å². The van der Waals surface area contributed by atoms with Gasteiger partial charge in [0.15, 0.2) is 0 Å². The summed E-state index contributed by atoms with van der Waals surface area (Å²) in [6, 6.07) is 0. The number of rotatable bonds is 8. The minimum absolute atomic E-state index is 0.679. The first-order valence-corrected chi connectivity index (χ1v) is 7.41. The van der Waals surface area contributed by atoms with Crippen LogP contribution in [0, 0.1) is 12.8 Å². The van der Waals surface area contributed by atoms with Crippen molar-refractivity contribution in [3.05, 3.63) is 11.3 Å². The third-order valence-electron chi connectivity index (χ3n) is 3.38. The van der Waals surface area contributed by atoms with Crippen LogP contribution in [-0.4, -0.2) is 29.9 Å². The Morgan fingerprint density at radius 3 is 2.63 bits per heavy atom. The van der Waals surface area contributed by atoms with Crippen molar-refractivity contribution in [2.24, 2.45) is 13.0 Å². The van der Waals surface area contributed by atoms with E-state index in [0.717, 1.165) is 25.3 Å². The molecule has 1 aromatic heterocycles. The molecule has 0 aliphatic heterocycles. The van der Waals surface area contributed by atoms with Gasteiger partial charge in [-0.15, -0.1) is 0 Å². The molecule has 110 valence electrons. The molecular formula is C15H30N4. The zero-order valence-electron chi connectivity index (χ0n) is 13.5. The van der Waals surface area contributed by atoms with Crippen molar-refractivity contribution in [2.75, 3.05) is 25.0 Å². The van der Waals surface area contributed by atoms with Crippen molar-refractivity contribution in [3.8, 4) is 0 Å². The molecule has 0 spiro atoms. The third kappa shape index (κ3) is 4.53. The van der Waals surface area contributed by atoms with Gasteiger partial charge < -0.3 is 10.2 Å². The van der Waals surface area contributed by atoms with Crippen molar-refractivity contribution in [3.63, 3.8) is 0 Å². The first-order valence-electron chi connectivity index (χ1n) is 7.41. The Morgan fingerprint density at radius 2 is 2.05 bits per heavy atom. The summed E-state index contributed by atoms with van der Waals surface area (Å²) in [7, 11) is 4.20. The zero-order chi connectivity index (χ0) is 14.4. The van der Waals surface area contributed by atoms with Gasteiger partial charge in [0.05, 0.1) is 5.69 Å². The van der Waals surface area contributed by atoms with Gasteiger partial charge in [0.25, 0.3) is 0 Å². The third-order valence-corrected chi connectivity index (χ3v) is 3.38. The van der Waals surface area contributed by atoms with E-state index in [9.17, 15) is 0 Å². The first-order chi connectivity index (χ1) is 8.97. The maximum absolute atomic E-state index is 4.57. The molecule has 4 heteroatoms. The second kappa shape index (κ2) is 7.53. The smallest absolute Gasteiger partial charge is 0.131 e. The maximum Gasteiger partial charge on any atom is 0.131 e. The lowest BCUT2D eigenvalue weighted by atomic mass is 10.2. The van der Waals surface area contributed by atoms with E-state index in [1.165, 1.54) is 24.2 Å². The van der Waals surface area contributed by atoms with Crippen LogP contribution in [-0.2, 0) is 13.6 Å². The van der Waals surface area contributed by atoms with Crippen LogP contribution >= 0.6 is 0 Å². The average molecular weight is 266 g/mol. The number of aryl methyl sites for hydroxylation is 2. The predicted molar refractivity (Wildman–Crippen MR) is 82.7 cm³/mol. The molecule has 0 saturated heterocycles. The molecule has 0 aliphatic carbocycles. The molecule has 19 heavy (non-hydrogen) atoms. The highest BCUT2D eigenvalue weighted by Gasteiger charge is 2.16. The molecule has 0 fully saturated rings. The zero-order valence-corrected chi connectivity index (χ0v) is 13.5. The Hall–Kier alpha value is -1.03. The number of aromatic nitrogens is 2. The lowest BCUT2D eigenvalue weighted by molar-refractivity contribution is 0.551. The Kier molecular flexibility index (Phi) is 6.35. The lowest BCUT2D eigenvalue weighted by Gasteiger charge is -2.21. The second-order valence-corrected chi connectivity index (χ2v) is 5.81. The molecule has 0 amide bonds. The number of nitrogens with one attached hydrogen (secondary N) is 1. The normalized spacial score (nSPS) is 11.3. The fourth-order valence-electron chi connectivity index (χ4n) is 2.36. The van der Waals surface area contributed by atoms with Gasteiger partial charge in [-0.3, -0.25) is 4.68 Å². The van der Waals surface area contributed by atoms with Crippen LogP contribution in [0.4, 0.5) is 5.82 Å². The van der Waals surface area contributed by atoms with E-state index in [1.807, 2.05) is 11.7 Å². The minimum Gasteiger partial charge on any atom is -0.360 e. The highest BCUT2D eigenvalue weighted by molar-refractivity contribution is 5.49. The van der Waals surface area contributed by atoms with E-state index < -0.39 is 0 Å². The Balaban J connectivity index is 2.78. The second-order valence-electron chi connectivity index (χ2n) is 5.81. The Bertz CT molecular complexity index is 382. The molecule has 0 aromatic carbocycles. The molecule has 0 bridgehead atoms. The minimum atomic E-state index is 0.679. The van der Waals surface area contributed by atoms with Crippen LogP contribution in [0.15, 0.2) is 0 Å². The van der Waals surface area contributed by atoms with Crippen LogP contribution in [0.25, 0.3) is 0 Å². The van der Waals surface area contributed by atoms with Gasteiger partial charge >= 0.3 is 0 Å². The molecule has 1 heterocycles. The van der Waals surface area contributed by atoms with Crippen LogP contribution < -0.4 is 10.2 Å². The molecule has 4 nitrogen and oxygen atoms in total. The summed E-state index contributed by atoms with van der Waals surface area (Å²) in [5, 5.41) is 8.10. The largest absolute Gasteiger partial charge is 0.360 e. The van der Waals surface area contributed by atoms with Crippen LogP contribution in [0.3, 0.4) is 0 Å². The number of nitrogens with zero attached hydrogens (tertiary/aromatic N) is 3. The summed E-state index contributed by atoms with van der Waals surface area (Å²) < 4.78 is 2.01. The molecular weight excluding hydrogens is 236 g/mol. The Morgan fingerprint density at radius 1 is 1.37 bits per heavy atom. The van der Waals surface area contributed by atoms with Crippen molar-refractivity contribution in [1.82, 2.24) is 15.1 Å². The average Bonchev–Trinajstić information content (AvgIpc) is 2.61. The van der Waals surface area contributed by atoms with E-state index in [2.05, 4.69) is 50.1 Å². The monoisotopic (exact) mass is 266 g/mol. The number of anilines is 1. The van der Waals surface area contributed by atoms with E-state index in [1.54, 1.807) is 0 Å². The molecule has 0 radical (unpaired) electrons. The lowest BCUT2D eigenvalue weighted by Crippen LogP contribution is -2.25. The quantitative estimate of drug-likeness (QED) is 0.785. The summed E-state index contributed by atoms with van der Waals surface area (Å²) in [6.07, 6.45) is 2.45. The van der Waals surface area contributed by atoms with Gasteiger partial charge in [0.2, 0.25) is 0 Å². The number of unbranched alkanes of at least 4 members (excludes halogenated alkanes) is 1. The molecule has 1 rings (SSSR count). The molecule has 0 atom stereocenters. The maximum atomic E-state index is 4.57. The van der Waals surface area contributed by atoms with Gasteiger partial charge in [-0.1, -0.05) is 27.2 Å². The highest BCUT2D eigenvalue weighted by atomic mass is 15.4. The summed E-state index contributed by atoms with van der Waals surface area (Å²) in [4.78, 5) is 2.33. The SMILES string of the molecule is CCCCN(C)c1c(CNCC(C)C)c(C)nn1C. The molecule has 0 unspecified atom stereocenters. The summed E-state index contributed by atoms with van der Waals surface area (Å²) >= 11 is 0. The van der Waals surface area contributed by atoms with Crippen molar-refractivity contribution >= 4 is 5.82 Å². The fourth-order valence-corrected chi connectivity index (χ4v) is 2.36.